The first-order valence-corrected chi connectivity index (χ1v) is 9.03. The fourth-order valence-corrected chi connectivity index (χ4v) is 2.80. The third-order valence-corrected chi connectivity index (χ3v) is 4.67. The van der Waals surface area contributed by atoms with E-state index in [2.05, 4.69) is 0 Å². The van der Waals surface area contributed by atoms with Crippen LogP contribution < -0.4 is 9.80 Å². The molecule has 0 fully saturated rings. The molecule has 7 heteroatoms. The number of hydrogen-bond donors (Lipinski definition) is 1. The van der Waals surface area contributed by atoms with Crippen LogP contribution in [0.2, 0.25) is 0 Å². The van der Waals surface area contributed by atoms with Crippen molar-refractivity contribution in [1.82, 2.24) is 0 Å². The molecule has 2 aromatic carbocycles. The van der Waals surface area contributed by atoms with Crippen LogP contribution in [0.4, 0.5) is 18.9 Å². The maximum atomic E-state index is 13.4. The molecule has 0 aliphatic carbocycles. The lowest BCUT2D eigenvalue weighted by molar-refractivity contribution is -0.137. The molecular weight excluding hydrogens is 375 g/mol. The fourth-order valence-electron chi connectivity index (χ4n) is 2.71. The quantitative estimate of drug-likeness (QED) is 0.472. The van der Waals surface area contributed by atoms with Crippen molar-refractivity contribution in [3.63, 3.8) is 0 Å². The topological polar surface area (TPSA) is 32.7 Å². The van der Waals surface area contributed by atoms with Crippen molar-refractivity contribution in [2.45, 2.75) is 46.4 Å². The molecular formula is C20H22F3NO2S. The summed E-state index contributed by atoms with van der Waals surface area (Å²) in [6.45, 7) is 5.45. The van der Waals surface area contributed by atoms with Gasteiger partial charge in [-0.3, -0.25) is 5.21 Å². The summed E-state index contributed by atoms with van der Waals surface area (Å²) in [5, 5.41) is 10.7. The molecule has 27 heavy (non-hydrogen) atoms. The zero-order valence-electron chi connectivity index (χ0n) is 15.4. The first-order valence-electron chi connectivity index (χ1n) is 8.62. The highest BCUT2D eigenvalue weighted by Gasteiger charge is 2.36. The van der Waals surface area contributed by atoms with Crippen LogP contribution >= 0.6 is 12.2 Å². The number of para-hydroxylation sites is 1. The van der Waals surface area contributed by atoms with Crippen LogP contribution in [0, 0.1) is 6.92 Å². The third kappa shape index (κ3) is 4.99. The minimum absolute atomic E-state index is 0.00331. The van der Waals surface area contributed by atoms with E-state index >= 15 is 0 Å². The number of alkyl halides is 3. The smallest absolute Gasteiger partial charge is 0.418 e. The number of anilines is 1. The van der Waals surface area contributed by atoms with Gasteiger partial charge in [0, 0.05) is 5.56 Å². The van der Waals surface area contributed by atoms with Crippen molar-refractivity contribution >= 4 is 22.9 Å². The minimum atomic E-state index is -4.63. The SMILES string of the molecule is CCC(=S)N(O)c1c(COc2ccc(CC)cc2C)cccc1C(F)(F)F. The van der Waals surface area contributed by atoms with Gasteiger partial charge in [0.05, 0.1) is 11.3 Å². The molecule has 0 bridgehead atoms. The largest absolute Gasteiger partial charge is 0.489 e. The van der Waals surface area contributed by atoms with Crippen molar-refractivity contribution in [1.29, 1.82) is 0 Å². The third-order valence-electron chi connectivity index (χ3n) is 4.21. The van der Waals surface area contributed by atoms with E-state index in [9.17, 15) is 18.4 Å². The zero-order chi connectivity index (χ0) is 20.2. The molecule has 0 aliphatic rings. The zero-order valence-corrected chi connectivity index (χ0v) is 16.2. The predicted octanol–water partition coefficient (Wildman–Crippen LogP) is 6.09. The molecule has 1 N–H and O–H groups in total. The van der Waals surface area contributed by atoms with Gasteiger partial charge in [0.25, 0.3) is 0 Å². The van der Waals surface area contributed by atoms with Crippen LogP contribution in [0.1, 0.15) is 42.5 Å². The molecule has 0 saturated carbocycles. The van der Waals surface area contributed by atoms with E-state index in [1.807, 2.05) is 26.0 Å². The average molecular weight is 397 g/mol. The van der Waals surface area contributed by atoms with Gasteiger partial charge in [0.15, 0.2) is 0 Å². The number of benzene rings is 2. The summed E-state index contributed by atoms with van der Waals surface area (Å²) in [7, 11) is 0. The van der Waals surface area contributed by atoms with Gasteiger partial charge in [0.2, 0.25) is 0 Å². The molecule has 0 radical (unpaired) electrons. The van der Waals surface area contributed by atoms with Crippen LogP contribution in [0.15, 0.2) is 36.4 Å². The summed E-state index contributed by atoms with van der Waals surface area (Å²) >= 11 is 5.00. The summed E-state index contributed by atoms with van der Waals surface area (Å²) in [6, 6.07) is 9.39. The van der Waals surface area contributed by atoms with E-state index in [0.717, 1.165) is 23.6 Å². The average Bonchev–Trinajstić information content (AvgIpc) is 2.64. The van der Waals surface area contributed by atoms with Gasteiger partial charge in [-0.1, -0.05) is 50.3 Å². The molecule has 146 valence electrons. The van der Waals surface area contributed by atoms with Crippen LogP contribution in [-0.4, -0.2) is 10.2 Å². The summed E-state index contributed by atoms with van der Waals surface area (Å²) in [5.74, 6) is 0.582. The molecule has 2 rings (SSSR count). The Hall–Kier alpha value is -2.12. The Kier molecular flexibility index (Phi) is 6.84. The second-order valence-electron chi connectivity index (χ2n) is 6.11. The Bertz CT molecular complexity index is 821. The van der Waals surface area contributed by atoms with E-state index in [1.165, 1.54) is 12.1 Å². The second kappa shape index (κ2) is 8.71. The van der Waals surface area contributed by atoms with Gasteiger partial charge in [-0.2, -0.15) is 13.2 Å². The van der Waals surface area contributed by atoms with Crippen LogP contribution in [0.25, 0.3) is 0 Å². The summed E-state index contributed by atoms with van der Waals surface area (Å²) < 4.78 is 46.1. The van der Waals surface area contributed by atoms with Crippen molar-refractivity contribution < 1.29 is 23.1 Å². The highest BCUT2D eigenvalue weighted by Crippen LogP contribution is 2.39. The fraction of sp³-hybridized carbons (Fsp3) is 0.350. The highest BCUT2D eigenvalue weighted by molar-refractivity contribution is 7.80. The summed E-state index contributed by atoms with van der Waals surface area (Å²) in [4.78, 5) is -0.00331. The van der Waals surface area contributed by atoms with Gasteiger partial charge in [-0.25, -0.2) is 5.06 Å². The molecule has 0 aliphatic heterocycles. The van der Waals surface area contributed by atoms with Gasteiger partial charge >= 0.3 is 6.18 Å². The number of thiocarbonyl (C=S) groups is 1. The number of hydroxylamine groups is 1. The maximum absolute atomic E-state index is 13.4. The lowest BCUT2D eigenvalue weighted by atomic mass is 10.1. The summed E-state index contributed by atoms with van der Waals surface area (Å²) in [6.07, 6.45) is -3.52. The van der Waals surface area contributed by atoms with Crippen LogP contribution in [0.3, 0.4) is 0 Å². The molecule has 0 saturated heterocycles. The normalized spacial score (nSPS) is 11.4. The van der Waals surface area contributed by atoms with E-state index in [4.69, 9.17) is 17.0 Å². The molecule has 0 atom stereocenters. The first-order chi connectivity index (χ1) is 12.7. The Labute approximate surface area is 162 Å². The Morgan fingerprint density at radius 3 is 2.44 bits per heavy atom. The van der Waals surface area contributed by atoms with Crippen LogP contribution in [-0.2, 0) is 19.2 Å². The number of ether oxygens (including phenoxy) is 1. The lowest BCUT2D eigenvalue weighted by Gasteiger charge is -2.24. The van der Waals surface area contributed by atoms with E-state index < -0.39 is 11.7 Å². The molecule has 0 amide bonds. The van der Waals surface area contributed by atoms with Crippen molar-refractivity contribution in [3.8, 4) is 5.75 Å². The predicted molar refractivity (Wildman–Crippen MR) is 103 cm³/mol. The molecule has 2 aromatic rings. The van der Waals surface area contributed by atoms with Crippen LogP contribution in [0.5, 0.6) is 5.75 Å². The Morgan fingerprint density at radius 2 is 1.89 bits per heavy atom. The Balaban J connectivity index is 2.40. The molecule has 0 aromatic heterocycles. The van der Waals surface area contributed by atoms with Gasteiger partial charge in [0.1, 0.15) is 17.3 Å². The number of aryl methyl sites for hydroxylation is 2. The van der Waals surface area contributed by atoms with Crippen molar-refractivity contribution in [2.75, 3.05) is 5.06 Å². The lowest BCUT2D eigenvalue weighted by Crippen LogP contribution is -2.28. The standard InChI is InChI=1S/C20H22F3NO2S/c1-4-14-9-10-17(13(3)11-14)26-12-15-7-6-8-16(20(21,22)23)19(15)24(25)18(27)5-2/h6-11,25H,4-5,12H2,1-3H3. The van der Waals surface area contributed by atoms with Gasteiger partial charge in [-0.15, -0.1) is 0 Å². The maximum Gasteiger partial charge on any atom is 0.418 e. The number of hydrogen-bond acceptors (Lipinski definition) is 3. The molecule has 0 spiro atoms. The van der Waals surface area contributed by atoms with Gasteiger partial charge < -0.3 is 4.74 Å². The number of rotatable bonds is 6. The van der Waals surface area contributed by atoms with E-state index in [-0.39, 0.29) is 29.3 Å². The highest BCUT2D eigenvalue weighted by atomic mass is 32.1. The molecule has 0 heterocycles. The monoisotopic (exact) mass is 397 g/mol. The Morgan fingerprint density at radius 1 is 1.19 bits per heavy atom. The van der Waals surface area contributed by atoms with Crippen molar-refractivity contribution in [3.05, 3.63) is 58.7 Å². The second-order valence-corrected chi connectivity index (χ2v) is 6.58. The number of halogens is 3. The molecule has 3 nitrogen and oxygen atoms in total. The minimum Gasteiger partial charge on any atom is -0.489 e. The number of nitrogens with zero attached hydrogens (tertiary/aromatic N) is 1. The van der Waals surface area contributed by atoms with Crippen molar-refractivity contribution in [2.24, 2.45) is 0 Å². The molecule has 0 unspecified atom stereocenters. The van der Waals surface area contributed by atoms with E-state index in [1.54, 1.807) is 13.0 Å². The van der Waals surface area contributed by atoms with E-state index in [0.29, 0.717) is 10.8 Å². The first kappa shape index (κ1) is 21.2. The summed E-state index contributed by atoms with van der Waals surface area (Å²) in [5.41, 5.74) is 0.893. The van der Waals surface area contributed by atoms with Gasteiger partial charge in [-0.05, 0) is 43.0 Å².